The molecule has 1 aliphatic heterocycles. The Labute approximate surface area is 156 Å². The van der Waals surface area contributed by atoms with E-state index in [4.69, 9.17) is 9.47 Å². The van der Waals surface area contributed by atoms with Crippen molar-refractivity contribution in [3.05, 3.63) is 58.5 Å². The maximum Gasteiger partial charge on any atom is 0.329 e. The van der Waals surface area contributed by atoms with Crippen LogP contribution < -0.4 is 20.5 Å². The lowest BCUT2D eigenvalue weighted by Gasteiger charge is -2.19. The van der Waals surface area contributed by atoms with Crippen LogP contribution in [0.25, 0.3) is 11.0 Å². The molecule has 7 heteroatoms. The van der Waals surface area contributed by atoms with Gasteiger partial charge < -0.3 is 14.8 Å². The Bertz CT molecular complexity index is 1050. The summed E-state index contributed by atoms with van der Waals surface area (Å²) in [5.74, 6) is 1.19. The van der Waals surface area contributed by atoms with Crippen LogP contribution in [0.4, 0.5) is 0 Å². The zero-order chi connectivity index (χ0) is 18.8. The van der Waals surface area contributed by atoms with E-state index < -0.39 is 0 Å². The monoisotopic (exact) mass is 367 g/mol. The third-order valence-electron chi connectivity index (χ3n) is 4.64. The van der Waals surface area contributed by atoms with Gasteiger partial charge in [0.15, 0.2) is 11.5 Å². The van der Waals surface area contributed by atoms with Crippen molar-refractivity contribution < 1.29 is 14.3 Å². The Morgan fingerprint density at radius 1 is 1.04 bits per heavy atom. The fraction of sp³-hybridized carbons (Fsp3) is 0.300. The highest BCUT2D eigenvalue weighted by Crippen LogP contribution is 2.30. The van der Waals surface area contributed by atoms with Gasteiger partial charge in [0.2, 0.25) is 5.91 Å². The molecule has 2 aromatic carbocycles. The van der Waals surface area contributed by atoms with Gasteiger partial charge in [0.05, 0.1) is 11.0 Å². The number of rotatable bonds is 5. The Hall–Kier alpha value is -3.22. The van der Waals surface area contributed by atoms with E-state index in [1.54, 1.807) is 4.57 Å². The molecule has 0 bridgehead atoms. The molecule has 3 aromatic rings. The first-order valence-electron chi connectivity index (χ1n) is 9.00. The van der Waals surface area contributed by atoms with Crippen molar-refractivity contribution in [1.82, 2.24) is 14.5 Å². The van der Waals surface area contributed by atoms with Crippen molar-refractivity contribution in [2.75, 3.05) is 13.2 Å². The number of aryl methyl sites for hydroxylation is 1. The molecule has 0 atom stereocenters. The Balaban J connectivity index is 1.48. The lowest BCUT2D eigenvalue weighted by Crippen LogP contribution is -2.32. The molecule has 1 N–H and O–H groups in total. The maximum absolute atomic E-state index is 12.6. The Morgan fingerprint density at radius 3 is 2.48 bits per heavy atom. The second-order valence-electron chi connectivity index (χ2n) is 6.36. The molecule has 27 heavy (non-hydrogen) atoms. The minimum Gasteiger partial charge on any atom is -0.486 e. The van der Waals surface area contributed by atoms with E-state index in [9.17, 15) is 9.59 Å². The summed E-state index contributed by atoms with van der Waals surface area (Å²) in [4.78, 5) is 25.0. The van der Waals surface area contributed by atoms with Crippen molar-refractivity contribution in [1.29, 1.82) is 0 Å². The number of carbonyl (C=O) groups excluding carboxylic acids is 1. The average Bonchev–Trinajstić information content (AvgIpc) is 2.97. The van der Waals surface area contributed by atoms with E-state index in [2.05, 4.69) is 5.32 Å². The molecule has 0 saturated carbocycles. The van der Waals surface area contributed by atoms with E-state index in [1.165, 1.54) is 4.57 Å². The molecule has 4 rings (SSSR count). The standard InChI is InChI=1S/C20H21N3O4/c1-2-22-15-5-3-4-6-16(15)23(20(22)25)13-19(24)21-12-14-7-8-17-18(11-14)27-10-9-26-17/h3-8,11H,2,9-10,12-13H2,1H3,(H,21,24). The van der Waals surface area contributed by atoms with Crippen molar-refractivity contribution in [3.8, 4) is 11.5 Å². The molecule has 2 heterocycles. The first-order chi connectivity index (χ1) is 13.2. The lowest BCUT2D eigenvalue weighted by atomic mass is 10.2. The van der Waals surface area contributed by atoms with Crippen LogP contribution in [0.1, 0.15) is 12.5 Å². The van der Waals surface area contributed by atoms with Crippen molar-refractivity contribution in [2.45, 2.75) is 26.6 Å². The highest BCUT2D eigenvalue weighted by atomic mass is 16.6. The van der Waals surface area contributed by atoms with Crippen LogP contribution in [0.5, 0.6) is 11.5 Å². The van der Waals surface area contributed by atoms with Gasteiger partial charge in [-0.25, -0.2) is 4.79 Å². The molecular weight excluding hydrogens is 346 g/mol. The summed E-state index contributed by atoms with van der Waals surface area (Å²) < 4.78 is 14.2. The second kappa shape index (κ2) is 7.19. The third-order valence-corrected chi connectivity index (χ3v) is 4.64. The van der Waals surface area contributed by atoms with Gasteiger partial charge in [0.1, 0.15) is 19.8 Å². The number of benzene rings is 2. The normalized spacial score (nSPS) is 12.9. The Morgan fingerprint density at radius 2 is 1.74 bits per heavy atom. The first-order valence-corrected chi connectivity index (χ1v) is 9.00. The molecule has 1 amide bonds. The predicted octanol–water partition coefficient (Wildman–Crippen LogP) is 1.91. The molecule has 0 spiro atoms. The van der Waals surface area contributed by atoms with Gasteiger partial charge in [-0.3, -0.25) is 13.9 Å². The van der Waals surface area contributed by atoms with Gasteiger partial charge in [-0.15, -0.1) is 0 Å². The maximum atomic E-state index is 12.6. The molecule has 1 aliphatic rings. The first kappa shape index (κ1) is 17.2. The fourth-order valence-electron chi connectivity index (χ4n) is 3.33. The van der Waals surface area contributed by atoms with Gasteiger partial charge in [0, 0.05) is 13.1 Å². The predicted molar refractivity (Wildman–Crippen MR) is 101 cm³/mol. The molecule has 0 unspecified atom stereocenters. The number of nitrogens with zero attached hydrogens (tertiary/aromatic N) is 2. The summed E-state index contributed by atoms with van der Waals surface area (Å²) in [5, 5.41) is 2.87. The van der Waals surface area contributed by atoms with E-state index in [1.807, 2.05) is 49.4 Å². The van der Waals surface area contributed by atoms with E-state index in [-0.39, 0.29) is 18.1 Å². The van der Waals surface area contributed by atoms with Crippen molar-refractivity contribution in [2.24, 2.45) is 0 Å². The van der Waals surface area contributed by atoms with Crippen LogP contribution in [0.3, 0.4) is 0 Å². The minimum absolute atomic E-state index is 0.0170. The van der Waals surface area contributed by atoms with Gasteiger partial charge in [-0.2, -0.15) is 0 Å². The number of hydrogen-bond donors (Lipinski definition) is 1. The summed E-state index contributed by atoms with van der Waals surface area (Å²) in [5.41, 5.74) is 2.34. The molecule has 140 valence electrons. The summed E-state index contributed by atoms with van der Waals surface area (Å²) in [6, 6.07) is 13.1. The molecule has 0 saturated heterocycles. The molecule has 7 nitrogen and oxygen atoms in total. The number of amides is 1. The third kappa shape index (κ3) is 3.28. The van der Waals surface area contributed by atoms with Crippen molar-refractivity contribution in [3.63, 3.8) is 0 Å². The van der Waals surface area contributed by atoms with Crippen LogP contribution in [0.15, 0.2) is 47.3 Å². The smallest absolute Gasteiger partial charge is 0.329 e. The molecule has 1 aromatic heterocycles. The quantitative estimate of drug-likeness (QED) is 0.748. The number of para-hydroxylation sites is 2. The number of ether oxygens (including phenoxy) is 2. The molecule has 0 radical (unpaired) electrons. The van der Waals surface area contributed by atoms with E-state index in [0.29, 0.717) is 32.1 Å². The fourth-order valence-corrected chi connectivity index (χ4v) is 3.33. The number of aromatic nitrogens is 2. The largest absolute Gasteiger partial charge is 0.486 e. The second-order valence-corrected chi connectivity index (χ2v) is 6.36. The topological polar surface area (TPSA) is 74.5 Å². The van der Waals surface area contributed by atoms with Gasteiger partial charge >= 0.3 is 5.69 Å². The van der Waals surface area contributed by atoms with E-state index >= 15 is 0 Å². The number of nitrogens with one attached hydrogen (secondary N) is 1. The zero-order valence-electron chi connectivity index (χ0n) is 15.1. The Kier molecular flexibility index (Phi) is 4.58. The average molecular weight is 367 g/mol. The van der Waals surface area contributed by atoms with E-state index in [0.717, 1.165) is 22.3 Å². The van der Waals surface area contributed by atoms with Crippen LogP contribution in [-0.4, -0.2) is 28.3 Å². The molecular formula is C20H21N3O4. The van der Waals surface area contributed by atoms with Gasteiger partial charge in [0.25, 0.3) is 0 Å². The summed E-state index contributed by atoms with van der Waals surface area (Å²) in [6.07, 6.45) is 0. The molecule has 0 fully saturated rings. The summed E-state index contributed by atoms with van der Waals surface area (Å²) >= 11 is 0. The number of carbonyl (C=O) groups is 1. The SMILES string of the molecule is CCn1c(=O)n(CC(=O)NCc2ccc3c(c2)OCCO3)c2ccccc21. The summed E-state index contributed by atoms with van der Waals surface area (Å²) in [7, 11) is 0. The van der Waals surface area contributed by atoms with Crippen molar-refractivity contribution >= 4 is 16.9 Å². The highest BCUT2D eigenvalue weighted by Gasteiger charge is 2.15. The van der Waals surface area contributed by atoms with Crippen LogP contribution in [0, 0.1) is 0 Å². The minimum atomic E-state index is -0.217. The number of imidazole rings is 1. The van der Waals surface area contributed by atoms with Crippen LogP contribution in [-0.2, 0) is 24.4 Å². The van der Waals surface area contributed by atoms with Crippen LogP contribution >= 0.6 is 0 Å². The van der Waals surface area contributed by atoms with Gasteiger partial charge in [-0.05, 0) is 36.8 Å². The lowest BCUT2D eigenvalue weighted by molar-refractivity contribution is -0.121. The highest BCUT2D eigenvalue weighted by molar-refractivity contribution is 5.81. The van der Waals surface area contributed by atoms with Gasteiger partial charge in [-0.1, -0.05) is 18.2 Å². The zero-order valence-corrected chi connectivity index (χ0v) is 15.1. The molecule has 0 aliphatic carbocycles. The summed E-state index contributed by atoms with van der Waals surface area (Å²) in [6.45, 7) is 3.88. The van der Waals surface area contributed by atoms with Crippen LogP contribution in [0.2, 0.25) is 0 Å². The number of fused-ring (bicyclic) bond motifs is 2. The number of hydrogen-bond acceptors (Lipinski definition) is 4.